The monoisotopic (exact) mass is 222 g/mol. The predicted molar refractivity (Wildman–Crippen MR) is 68.5 cm³/mol. The van der Waals surface area contributed by atoms with Crippen LogP contribution in [0.1, 0.15) is 12.0 Å². The van der Waals surface area contributed by atoms with Crippen LogP contribution in [-0.2, 0) is 0 Å². The zero-order valence-electron chi connectivity index (χ0n) is 9.35. The van der Waals surface area contributed by atoms with Crippen LogP contribution in [0.5, 0.6) is 0 Å². The smallest absolute Gasteiger partial charge is 0.0389 e. The quantitative estimate of drug-likeness (QED) is 0.767. The average Bonchev–Trinajstić information content (AvgIpc) is 2.68. The number of rotatable bonds is 2. The second-order valence-electron chi connectivity index (χ2n) is 4.30. The van der Waals surface area contributed by atoms with E-state index in [2.05, 4.69) is 48.9 Å². The number of nitrogens with zero attached hydrogens (tertiary/aromatic N) is 2. The molecule has 1 aromatic rings. The van der Waals surface area contributed by atoms with E-state index in [1.54, 1.807) is 0 Å². The van der Waals surface area contributed by atoms with Crippen LogP contribution in [0.3, 0.4) is 0 Å². The van der Waals surface area contributed by atoms with E-state index >= 15 is 0 Å². The van der Waals surface area contributed by atoms with Gasteiger partial charge in [-0.1, -0.05) is 30.5 Å². The molecule has 0 spiro atoms. The lowest BCUT2D eigenvalue weighted by molar-refractivity contribution is 0.444. The summed E-state index contributed by atoms with van der Waals surface area (Å²) in [4.78, 5) is 2.43. The highest BCUT2D eigenvalue weighted by molar-refractivity contribution is 7.77. The van der Waals surface area contributed by atoms with Crippen molar-refractivity contribution >= 4 is 18.5 Å². The molecule has 0 radical (unpaired) electrons. The van der Waals surface area contributed by atoms with Gasteiger partial charge in [-0.05, 0) is 32.5 Å². The maximum atomic E-state index is 4.37. The van der Waals surface area contributed by atoms with Crippen molar-refractivity contribution in [3.63, 3.8) is 0 Å². The SMILES string of the molecule is Cc1ccc(N2CC[C@H](N(C)S)C2)cc1. The van der Waals surface area contributed by atoms with Crippen LogP contribution in [0.4, 0.5) is 5.69 Å². The molecule has 1 aliphatic heterocycles. The number of benzene rings is 1. The van der Waals surface area contributed by atoms with Crippen molar-refractivity contribution in [3.05, 3.63) is 29.8 Å². The first-order valence-corrected chi connectivity index (χ1v) is 5.80. The standard InChI is InChI=1S/C12H18N2S/c1-10-3-5-11(6-4-10)14-8-7-12(9-14)13(2)15/h3-6,12,15H,7-9H2,1-2H3/t12-/m0/s1. The van der Waals surface area contributed by atoms with E-state index in [9.17, 15) is 0 Å². The van der Waals surface area contributed by atoms with Crippen molar-refractivity contribution < 1.29 is 0 Å². The van der Waals surface area contributed by atoms with Gasteiger partial charge < -0.3 is 4.90 Å². The van der Waals surface area contributed by atoms with Gasteiger partial charge in [0.25, 0.3) is 0 Å². The van der Waals surface area contributed by atoms with E-state index in [0.717, 1.165) is 13.1 Å². The third kappa shape index (κ3) is 2.47. The zero-order chi connectivity index (χ0) is 10.8. The lowest BCUT2D eigenvalue weighted by atomic mass is 10.2. The van der Waals surface area contributed by atoms with Gasteiger partial charge in [0.1, 0.15) is 0 Å². The molecule has 2 rings (SSSR count). The summed E-state index contributed by atoms with van der Waals surface area (Å²) < 4.78 is 2.02. The molecule has 1 aliphatic rings. The van der Waals surface area contributed by atoms with Crippen molar-refractivity contribution in [1.29, 1.82) is 0 Å². The average molecular weight is 222 g/mol. The van der Waals surface area contributed by atoms with Gasteiger partial charge in [-0.15, -0.1) is 0 Å². The van der Waals surface area contributed by atoms with Crippen molar-refractivity contribution in [2.75, 3.05) is 25.0 Å². The zero-order valence-corrected chi connectivity index (χ0v) is 10.2. The van der Waals surface area contributed by atoms with Gasteiger partial charge in [0, 0.05) is 24.8 Å². The fourth-order valence-electron chi connectivity index (χ4n) is 2.04. The largest absolute Gasteiger partial charge is 0.370 e. The summed E-state index contributed by atoms with van der Waals surface area (Å²) in [6.07, 6.45) is 1.20. The molecule has 3 heteroatoms. The minimum Gasteiger partial charge on any atom is -0.370 e. The van der Waals surface area contributed by atoms with Crippen LogP contribution < -0.4 is 4.90 Å². The number of anilines is 1. The summed E-state index contributed by atoms with van der Waals surface area (Å²) >= 11 is 4.37. The first-order valence-electron chi connectivity index (χ1n) is 5.40. The minimum absolute atomic E-state index is 0.578. The molecule has 1 atom stereocenters. The Labute approximate surface area is 97.4 Å². The molecule has 0 aliphatic carbocycles. The van der Waals surface area contributed by atoms with E-state index in [1.807, 2.05) is 11.4 Å². The van der Waals surface area contributed by atoms with Crippen LogP contribution in [0.2, 0.25) is 0 Å². The summed E-state index contributed by atoms with van der Waals surface area (Å²) in [7, 11) is 2.03. The van der Waals surface area contributed by atoms with Crippen molar-refractivity contribution in [2.45, 2.75) is 19.4 Å². The molecular weight excluding hydrogens is 204 g/mol. The third-order valence-corrected chi connectivity index (χ3v) is 3.42. The molecule has 0 aromatic heterocycles. The molecule has 1 heterocycles. The summed E-state index contributed by atoms with van der Waals surface area (Å²) in [5, 5.41) is 0. The van der Waals surface area contributed by atoms with E-state index in [1.165, 1.54) is 17.7 Å². The Bertz CT molecular complexity index is 321. The Morgan fingerprint density at radius 2 is 2.00 bits per heavy atom. The van der Waals surface area contributed by atoms with Gasteiger partial charge >= 0.3 is 0 Å². The van der Waals surface area contributed by atoms with Crippen molar-refractivity contribution in [1.82, 2.24) is 4.31 Å². The number of hydrogen-bond donors (Lipinski definition) is 1. The van der Waals surface area contributed by atoms with Gasteiger partial charge in [0.05, 0.1) is 0 Å². The highest BCUT2D eigenvalue weighted by atomic mass is 32.1. The Kier molecular flexibility index (Phi) is 3.22. The lowest BCUT2D eigenvalue weighted by Crippen LogP contribution is -2.28. The van der Waals surface area contributed by atoms with Crippen LogP contribution >= 0.6 is 12.8 Å². The molecule has 0 unspecified atom stereocenters. The molecule has 1 aromatic carbocycles. The molecule has 15 heavy (non-hydrogen) atoms. The van der Waals surface area contributed by atoms with Crippen LogP contribution in [0, 0.1) is 6.92 Å². The number of thiol groups is 1. The fraction of sp³-hybridized carbons (Fsp3) is 0.500. The molecule has 0 saturated carbocycles. The van der Waals surface area contributed by atoms with Gasteiger partial charge in [-0.25, -0.2) is 0 Å². The minimum atomic E-state index is 0.578. The number of hydrogen-bond acceptors (Lipinski definition) is 3. The summed E-state index contributed by atoms with van der Waals surface area (Å²) in [5.74, 6) is 0. The number of likely N-dealkylation sites (N-methyl/N-ethyl adjacent to an activating group) is 1. The maximum absolute atomic E-state index is 4.37. The molecule has 1 saturated heterocycles. The molecule has 2 nitrogen and oxygen atoms in total. The Balaban J connectivity index is 2.04. The number of aryl methyl sites for hydroxylation is 1. The summed E-state index contributed by atoms with van der Waals surface area (Å²) in [6.45, 7) is 4.35. The Hall–Kier alpha value is -0.670. The first kappa shape index (κ1) is 10.8. The molecule has 0 bridgehead atoms. The third-order valence-electron chi connectivity index (χ3n) is 3.09. The molecule has 1 fully saturated rings. The van der Waals surface area contributed by atoms with Crippen LogP contribution in [-0.4, -0.2) is 30.5 Å². The van der Waals surface area contributed by atoms with Crippen molar-refractivity contribution in [2.24, 2.45) is 0 Å². The second-order valence-corrected chi connectivity index (χ2v) is 4.93. The van der Waals surface area contributed by atoms with E-state index in [-0.39, 0.29) is 0 Å². The molecule has 82 valence electrons. The van der Waals surface area contributed by atoms with E-state index < -0.39 is 0 Å². The topological polar surface area (TPSA) is 6.48 Å². The van der Waals surface area contributed by atoms with Crippen molar-refractivity contribution in [3.8, 4) is 0 Å². The highest BCUT2D eigenvalue weighted by Gasteiger charge is 2.24. The summed E-state index contributed by atoms with van der Waals surface area (Å²) in [5.41, 5.74) is 2.65. The van der Waals surface area contributed by atoms with Crippen LogP contribution in [0.25, 0.3) is 0 Å². The predicted octanol–water partition coefficient (Wildman–Crippen LogP) is 2.35. The van der Waals surface area contributed by atoms with Gasteiger partial charge in [-0.2, -0.15) is 0 Å². The Morgan fingerprint density at radius 1 is 1.33 bits per heavy atom. The highest BCUT2D eigenvalue weighted by Crippen LogP contribution is 2.23. The first-order chi connectivity index (χ1) is 7.16. The normalized spacial score (nSPS) is 21.3. The molecule has 0 N–H and O–H groups in total. The van der Waals surface area contributed by atoms with E-state index in [4.69, 9.17) is 0 Å². The fourth-order valence-corrected chi connectivity index (χ4v) is 2.23. The maximum Gasteiger partial charge on any atom is 0.0389 e. The van der Waals surface area contributed by atoms with Gasteiger partial charge in [0.2, 0.25) is 0 Å². The lowest BCUT2D eigenvalue weighted by Gasteiger charge is -2.21. The van der Waals surface area contributed by atoms with Gasteiger partial charge in [-0.3, -0.25) is 4.31 Å². The Morgan fingerprint density at radius 3 is 2.53 bits per heavy atom. The second kappa shape index (κ2) is 4.45. The molecule has 0 amide bonds. The van der Waals surface area contributed by atoms with Crippen LogP contribution in [0.15, 0.2) is 24.3 Å². The van der Waals surface area contributed by atoms with Gasteiger partial charge in [0.15, 0.2) is 0 Å². The molecular formula is C12H18N2S. The van der Waals surface area contributed by atoms with E-state index in [0.29, 0.717) is 6.04 Å². The summed E-state index contributed by atoms with van der Waals surface area (Å²) in [6, 6.07) is 9.33.